The topological polar surface area (TPSA) is 67.6 Å². The van der Waals surface area contributed by atoms with Crippen LogP contribution < -0.4 is 10.9 Å². The monoisotopic (exact) mass is 523 g/mol. The fourth-order valence-corrected chi connectivity index (χ4v) is 4.95. The molecule has 0 bridgehead atoms. The fraction of sp³-hybridized carbons (Fsp3) is 0.400. The van der Waals surface area contributed by atoms with Gasteiger partial charge in [0.1, 0.15) is 11.0 Å². The molecule has 0 radical (unpaired) electrons. The van der Waals surface area contributed by atoms with Gasteiger partial charge in [-0.1, -0.05) is 54.6 Å². The molecule has 1 aromatic heterocycles. The van der Waals surface area contributed by atoms with Crippen molar-refractivity contribution in [1.29, 1.82) is 0 Å². The lowest BCUT2D eigenvalue weighted by atomic mass is 9.71. The van der Waals surface area contributed by atoms with Crippen molar-refractivity contribution in [2.24, 2.45) is 0 Å². The van der Waals surface area contributed by atoms with Crippen LogP contribution in [0, 0.1) is 0 Å². The lowest BCUT2D eigenvalue weighted by molar-refractivity contribution is 0.00578. The number of rotatable bonds is 4. The van der Waals surface area contributed by atoms with E-state index in [2.05, 4.69) is 73.6 Å². The van der Waals surface area contributed by atoms with Crippen LogP contribution in [0.3, 0.4) is 0 Å². The second-order valence-electron chi connectivity index (χ2n) is 12.5. The van der Waals surface area contributed by atoms with Gasteiger partial charge in [0.25, 0.3) is 0 Å². The number of hydrogen-bond acceptors (Lipinski definition) is 6. The van der Waals surface area contributed by atoms with Crippen molar-refractivity contribution < 1.29 is 18.6 Å². The molecule has 4 aromatic rings. The van der Waals surface area contributed by atoms with E-state index in [9.17, 15) is 0 Å². The maximum absolute atomic E-state index is 6.48. The predicted octanol–water partition coefficient (Wildman–Crippen LogP) is 4.69. The van der Waals surface area contributed by atoms with Gasteiger partial charge in [-0.25, -0.2) is 0 Å². The van der Waals surface area contributed by atoms with Crippen LogP contribution in [-0.4, -0.2) is 51.6 Å². The zero-order valence-corrected chi connectivity index (χ0v) is 24.0. The summed E-state index contributed by atoms with van der Waals surface area (Å²) < 4.78 is 25.8. The summed E-state index contributed by atoms with van der Waals surface area (Å²) in [5, 5.41) is 9.96. The average Bonchev–Trinajstić information content (AvgIpc) is 3.47. The van der Waals surface area contributed by atoms with Crippen molar-refractivity contribution in [2.45, 2.75) is 77.8 Å². The van der Waals surface area contributed by atoms with E-state index >= 15 is 0 Å². The highest BCUT2D eigenvalue weighted by Crippen LogP contribution is 2.38. The molecule has 2 fully saturated rings. The molecule has 9 heteroatoms. The first-order valence-electron chi connectivity index (χ1n) is 13.6. The van der Waals surface area contributed by atoms with Crippen molar-refractivity contribution in [3.05, 3.63) is 66.7 Å². The molecule has 0 N–H and O–H groups in total. The van der Waals surface area contributed by atoms with Crippen molar-refractivity contribution in [2.75, 3.05) is 0 Å². The smallest absolute Gasteiger partial charge is 0.399 e. The highest BCUT2D eigenvalue weighted by molar-refractivity contribution is 6.68. The Morgan fingerprint density at radius 3 is 1.77 bits per heavy atom. The minimum absolute atomic E-state index is 0.469. The van der Waals surface area contributed by atoms with E-state index in [1.807, 2.05) is 48.5 Å². The molecule has 6 rings (SSSR count). The Hall–Kier alpha value is -2.97. The molecule has 0 aliphatic carbocycles. The fourth-order valence-electron chi connectivity index (χ4n) is 4.95. The molecular formula is C30H35B2N3O4. The van der Waals surface area contributed by atoms with Gasteiger partial charge in [0, 0.05) is 11.0 Å². The Balaban J connectivity index is 1.51. The van der Waals surface area contributed by atoms with E-state index in [1.54, 1.807) is 4.80 Å². The van der Waals surface area contributed by atoms with Gasteiger partial charge in [-0.3, -0.25) is 0 Å². The molecule has 2 aliphatic rings. The lowest BCUT2D eigenvalue weighted by Crippen LogP contribution is -2.41. The average molecular weight is 523 g/mol. The first kappa shape index (κ1) is 26.3. The minimum atomic E-state index is -0.616. The van der Waals surface area contributed by atoms with Crippen LogP contribution >= 0.6 is 0 Å². The minimum Gasteiger partial charge on any atom is -0.399 e. The van der Waals surface area contributed by atoms with Gasteiger partial charge < -0.3 is 18.6 Å². The molecule has 0 unspecified atom stereocenters. The Bertz CT molecular complexity index is 1520. The SMILES string of the molecule is CC1(C)OB(c2cc(B3OC(C)(C)C(C)(C)O3)c3nn(-c4ccccc4-c4ccccc4)nc3c2)OC1(C)C. The molecule has 0 atom stereocenters. The number of para-hydroxylation sites is 1. The van der Waals surface area contributed by atoms with E-state index in [0.29, 0.717) is 0 Å². The number of benzene rings is 3. The summed E-state index contributed by atoms with van der Waals surface area (Å²) in [7, 11) is -1.17. The van der Waals surface area contributed by atoms with Crippen LogP contribution in [0.25, 0.3) is 27.8 Å². The molecule has 2 aliphatic heterocycles. The van der Waals surface area contributed by atoms with E-state index in [4.69, 9.17) is 28.8 Å². The van der Waals surface area contributed by atoms with Gasteiger partial charge >= 0.3 is 14.2 Å². The Morgan fingerprint density at radius 1 is 0.615 bits per heavy atom. The number of fused-ring (bicyclic) bond motifs is 1. The third kappa shape index (κ3) is 4.32. The standard InChI is InChI=1S/C30H35B2N3O4/c1-27(2)28(3,4)37-31(36-27)21-18-23(32-38-29(5,6)30(7,8)39-32)26-24(19-21)33-35(34-26)25-17-13-12-16-22(25)20-14-10-9-11-15-20/h9-19H,1-8H3. The highest BCUT2D eigenvalue weighted by Gasteiger charge is 2.54. The summed E-state index contributed by atoms with van der Waals surface area (Å²) in [6.45, 7) is 16.4. The zero-order valence-electron chi connectivity index (χ0n) is 24.0. The van der Waals surface area contributed by atoms with Gasteiger partial charge in [-0.2, -0.15) is 0 Å². The lowest BCUT2D eigenvalue weighted by Gasteiger charge is -2.32. The zero-order chi connectivity index (χ0) is 27.8. The molecular weight excluding hydrogens is 488 g/mol. The summed E-state index contributed by atoms with van der Waals surface area (Å²) in [6, 6.07) is 22.5. The van der Waals surface area contributed by atoms with Crippen molar-refractivity contribution in [1.82, 2.24) is 15.0 Å². The number of hydrogen-bond donors (Lipinski definition) is 0. The highest BCUT2D eigenvalue weighted by atomic mass is 16.7. The Labute approximate surface area is 231 Å². The van der Waals surface area contributed by atoms with Gasteiger partial charge in [-0.15, -0.1) is 15.0 Å². The van der Waals surface area contributed by atoms with Crippen LogP contribution in [0.5, 0.6) is 0 Å². The first-order chi connectivity index (χ1) is 18.3. The Morgan fingerprint density at radius 2 is 1.15 bits per heavy atom. The second-order valence-corrected chi connectivity index (χ2v) is 12.5. The normalized spacial score (nSPS) is 21.1. The molecule has 2 saturated heterocycles. The summed E-state index contributed by atoms with van der Waals surface area (Å²) in [4.78, 5) is 1.70. The van der Waals surface area contributed by atoms with Gasteiger partial charge in [-0.05, 0) is 78.5 Å². The second kappa shape index (κ2) is 8.77. The summed E-state index contributed by atoms with van der Waals surface area (Å²) in [6.07, 6.45) is 0. The molecule has 0 spiro atoms. The number of aromatic nitrogens is 3. The third-order valence-corrected chi connectivity index (χ3v) is 8.78. The van der Waals surface area contributed by atoms with E-state index in [1.165, 1.54) is 0 Å². The maximum Gasteiger partial charge on any atom is 0.497 e. The van der Waals surface area contributed by atoms with Crippen LogP contribution in [0.15, 0.2) is 66.7 Å². The van der Waals surface area contributed by atoms with E-state index < -0.39 is 36.6 Å². The van der Waals surface area contributed by atoms with E-state index in [0.717, 1.165) is 38.8 Å². The molecule has 0 saturated carbocycles. The summed E-state index contributed by atoms with van der Waals surface area (Å²) in [5.74, 6) is 0. The maximum atomic E-state index is 6.48. The molecule has 39 heavy (non-hydrogen) atoms. The van der Waals surface area contributed by atoms with Gasteiger partial charge in [0.05, 0.1) is 28.1 Å². The van der Waals surface area contributed by atoms with Crippen molar-refractivity contribution in [3.8, 4) is 16.8 Å². The van der Waals surface area contributed by atoms with Crippen LogP contribution in [0.2, 0.25) is 0 Å². The predicted molar refractivity (Wildman–Crippen MR) is 156 cm³/mol. The Kier molecular flexibility index (Phi) is 5.90. The molecule has 7 nitrogen and oxygen atoms in total. The largest absolute Gasteiger partial charge is 0.497 e. The molecule has 200 valence electrons. The van der Waals surface area contributed by atoms with Crippen LogP contribution in [-0.2, 0) is 18.6 Å². The summed E-state index contributed by atoms with van der Waals surface area (Å²) >= 11 is 0. The molecule has 0 amide bonds. The van der Waals surface area contributed by atoms with Gasteiger partial charge in [0.2, 0.25) is 0 Å². The van der Waals surface area contributed by atoms with Crippen LogP contribution in [0.1, 0.15) is 55.4 Å². The quantitative estimate of drug-likeness (QED) is 0.362. The molecule has 3 heterocycles. The number of nitrogens with zero attached hydrogens (tertiary/aromatic N) is 3. The van der Waals surface area contributed by atoms with Crippen molar-refractivity contribution in [3.63, 3.8) is 0 Å². The third-order valence-electron chi connectivity index (χ3n) is 8.78. The van der Waals surface area contributed by atoms with Crippen LogP contribution in [0.4, 0.5) is 0 Å². The molecule has 3 aromatic carbocycles. The first-order valence-corrected chi connectivity index (χ1v) is 13.6. The van der Waals surface area contributed by atoms with Crippen molar-refractivity contribution >= 4 is 36.2 Å². The van der Waals surface area contributed by atoms with E-state index in [-0.39, 0.29) is 0 Å². The van der Waals surface area contributed by atoms with Gasteiger partial charge in [0.15, 0.2) is 0 Å². The summed E-state index contributed by atoms with van der Waals surface area (Å²) in [5.41, 5.74) is 4.19.